The minimum absolute atomic E-state index is 0.201. The van der Waals surface area contributed by atoms with Gasteiger partial charge in [-0.3, -0.25) is 0 Å². The molecule has 3 aromatic rings. The molecule has 128 valence electrons. The number of carboxylic acids is 1. The van der Waals surface area contributed by atoms with Crippen molar-refractivity contribution >= 4 is 17.3 Å². The van der Waals surface area contributed by atoms with Gasteiger partial charge in [0.1, 0.15) is 0 Å². The van der Waals surface area contributed by atoms with E-state index in [0.717, 1.165) is 22.7 Å². The number of aromatic nitrogens is 1. The van der Waals surface area contributed by atoms with Crippen LogP contribution in [0.4, 0.5) is 13.2 Å². The quantitative estimate of drug-likeness (QED) is 0.700. The summed E-state index contributed by atoms with van der Waals surface area (Å²) in [5.41, 5.74) is 0.867. The Morgan fingerprint density at radius 3 is 2.48 bits per heavy atom. The Labute approximate surface area is 145 Å². The van der Waals surface area contributed by atoms with E-state index in [1.54, 1.807) is 24.4 Å². The van der Waals surface area contributed by atoms with Crippen LogP contribution >= 0.6 is 11.3 Å². The number of carboxylic acid groups (broad SMARTS) is 1. The third-order valence-electron chi connectivity index (χ3n) is 3.58. The summed E-state index contributed by atoms with van der Waals surface area (Å²) in [6.07, 6.45) is -2.33. The second-order valence-electron chi connectivity index (χ2n) is 5.38. The van der Waals surface area contributed by atoms with E-state index in [1.165, 1.54) is 29.5 Å². The molecule has 0 aliphatic rings. The summed E-state index contributed by atoms with van der Waals surface area (Å²) in [6, 6.07) is 11.6. The zero-order valence-corrected chi connectivity index (χ0v) is 13.6. The highest BCUT2D eigenvalue weighted by Crippen LogP contribution is 2.34. The normalized spacial score (nSPS) is 11.5. The summed E-state index contributed by atoms with van der Waals surface area (Å²) >= 11 is 1.32. The van der Waals surface area contributed by atoms with Crippen LogP contribution in [0.3, 0.4) is 0 Å². The van der Waals surface area contributed by atoms with Crippen molar-refractivity contribution in [3.05, 3.63) is 76.4 Å². The summed E-state index contributed by atoms with van der Waals surface area (Å²) in [6.45, 7) is 0. The van der Waals surface area contributed by atoms with Gasteiger partial charge in [0.05, 0.1) is 21.0 Å². The molecular weight excluding hydrogens is 351 g/mol. The Morgan fingerprint density at radius 2 is 1.84 bits per heavy atom. The van der Waals surface area contributed by atoms with Gasteiger partial charge in [-0.1, -0.05) is 24.3 Å². The Morgan fingerprint density at radius 1 is 1.12 bits per heavy atom. The van der Waals surface area contributed by atoms with Crippen LogP contribution in [-0.2, 0) is 12.6 Å². The molecule has 3 nitrogen and oxygen atoms in total. The average molecular weight is 363 g/mol. The highest BCUT2D eigenvalue weighted by atomic mass is 32.1. The smallest absolute Gasteiger partial charge is 0.416 e. The number of alkyl halides is 3. The van der Waals surface area contributed by atoms with E-state index in [0.29, 0.717) is 16.9 Å². The van der Waals surface area contributed by atoms with Crippen LogP contribution in [0.25, 0.3) is 10.4 Å². The van der Waals surface area contributed by atoms with Crippen LogP contribution in [0.15, 0.2) is 54.7 Å². The number of benzene rings is 2. The minimum atomic E-state index is -4.38. The molecule has 0 bridgehead atoms. The molecule has 1 aromatic heterocycles. The fraction of sp³-hybridized carbons (Fsp3) is 0.111. The average Bonchev–Trinajstić information content (AvgIpc) is 3.03. The molecule has 0 saturated carbocycles. The number of hydrogen-bond donors (Lipinski definition) is 1. The molecule has 2 aromatic carbocycles. The Balaban J connectivity index is 1.80. The summed E-state index contributed by atoms with van der Waals surface area (Å²) in [4.78, 5) is 15.8. The summed E-state index contributed by atoms with van der Waals surface area (Å²) in [5, 5.41) is 9.63. The number of nitrogens with zero attached hydrogens (tertiary/aromatic N) is 1. The van der Waals surface area contributed by atoms with Crippen molar-refractivity contribution in [1.29, 1.82) is 0 Å². The molecule has 0 amide bonds. The maximum Gasteiger partial charge on any atom is 0.416 e. The summed E-state index contributed by atoms with van der Waals surface area (Å²) in [7, 11) is 0. The molecule has 0 atom stereocenters. The zero-order valence-electron chi connectivity index (χ0n) is 12.7. The zero-order chi connectivity index (χ0) is 18.0. The lowest BCUT2D eigenvalue weighted by Gasteiger charge is -2.07. The minimum Gasteiger partial charge on any atom is -0.478 e. The van der Waals surface area contributed by atoms with Gasteiger partial charge in [0.2, 0.25) is 0 Å². The second-order valence-corrected chi connectivity index (χ2v) is 6.49. The van der Waals surface area contributed by atoms with Crippen molar-refractivity contribution in [1.82, 2.24) is 4.98 Å². The lowest BCUT2D eigenvalue weighted by molar-refractivity contribution is -0.137. The molecule has 1 N–H and O–H groups in total. The van der Waals surface area contributed by atoms with Gasteiger partial charge < -0.3 is 5.11 Å². The van der Waals surface area contributed by atoms with E-state index in [1.807, 2.05) is 0 Å². The van der Waals surface area contributed by atoms with Crippen LogP contribution < -0.4 is 0 Å². The van der Waals surface area contributed by atoms with Gasteiger partial charge in [-0.25, -0.2) is 9.78 Å². The van der Waals surface area contributed by atoms with Crippen molar-refractivity contribution in [2.75, 3.05) is 0 Å². The number of halogens is 3. The van der Waals surface area contributed by atoms with Crippen molar-refractivity contribution in [2.45, 2.75) is 12.6 Å². The molecular formula is C18H12F3NO2S. The van der Waals surface area contributed by atoms with E-state index in [2.05, 4.69) is 4.98 Å². The number of hydrogen-bond acceptors (Lipinski definition) is 3. The predicted octanol–water partition coefficient (Wildman–Crippen LogP) is 5.12. The van der Waals surface area contributed by atoms with Crippen LogP contribution in [0.2, 0.25) is 0 Å². The Hall–Kier alpha value is -2.67. The molecule has 0 spiro atoms. The fourth-order valence-electron chi connectivity index (χ4n) is 2.31. The molecule has 1 heterocycles. The maximum absolute atomic E-state index is 12.8. The van der Waals surface area contributed by atoms with Gasteiger partial charge in [-0.05, 0) is 35.4 Å². The standard InChI is InChI=1S/C18H12F3NO2S/c19-18(20,21)14-3-1-2-13(9-14)15-10-22-16(25-15)8-11-4-6-12(7-5-11)17(23)24/h1-7,9-10H,8H2,(H,23,24). The van der Waals surface area contributed by atoms with Crippen molar-refractivity contribution < 1.29 is 23.1 Å². The van der Waals surface area contributed by atoms with E-state index >= 15 is 0 Å². The molecule has 3 rings (SSSR count). The van der Waals surface area contributed by atoms with Crippen molar-refractivity contribution in [3.8, 4) is 10.4 Å². The van der Waals surface area contributed by atoms with Gasteiger partial charge in [-0.2, -0.15) is 13.2 Å². The number of carbonyl (C=O) groups is 1. The molecule has 0 saturated heterocycles. The van der Waals surface area contributed by atoms with Gasteiger partial charge in [0, 0.05) is 12.6 Å². The first-order valence-corrected chi connectivity index (χ1v) is 8.09. The molecule has 25 heavy (non-hydrogen) atoms. The van der Waals surface area contributed by atoms with Crippen LogP contribution in [-0.4, -0.2) is 16.1 Å². The molecule has 0 fully saturated rings. The second kappa shape index (κ2) is 6.68. The maximum atomic E-state index is 12.8. The highest BCUT2D eigenvalue weighted by molar-refractivity contribution is 7.15. The van der Waals surface area contributed by atoms with E-state index in [4.69, 9.17) is 5.11 Å². The largest absolute Gasteiger partial charge is 0.478 e. The number of aromatic carboxylic acids is 1. The molecule has 0 aliphatic heterocycles. The molecule has 0 radical (unpaired) electrons. The van der Waals surface area contributed by atoms with Crippen molar-refractivity contribution in [3.63, 3.8) is 0 Å². The van der Waals surface area contributed by atoms with Crippen LogP contribution in [0, 0.1) is 0 Å². The van der Waals surface area contributed by atoms with Crippen LogP contribution in [0.5, 0.6) is 0 Å². The highest BCUT2D eigenvalue weighted by Gasteiger charge is 2.30. The third kappa shape index (κ3) is 4.06. The first kappa shape index (κ1) is 17.2. The van der Waals surface area contributed by atoms with Crippen molar-refractivity contribution in [2.24, 2.45) is 0 Å². The third-order valence-corrected chi connectivity index (χ3v) is 4.63. The topological polar surface area (TPSA) is 50.2 Å². The van der Waals surface area contributed by atoms with E-state index in [-0.39, 0.29) is 5.56 Å². The SMILES string of the molecule is O=C(O)c1ccc(Cc2ncc(-c3cccc(C(F)(F)F)c3)s2)cc1. The molecule has 0 aliphatic carbocycles. The lowest BCUT2D eigenvalue weighted by atomic mass is 10.1. The van der Waals surface area contributed by atoms with Gasteiger partial charge >= 0.3 is 12.1 Å². The molecule has 7 heteroatoms. The van der Waals surface area contributed by atoms with E-state index in [9.17, 15) is 18.0 Å². The Bertz CT molecular complexity index is 901. The predicted molar refractivity (Wildman–Crippen MR) is 88.8 cm³/mol. The van der Waals surface area contributed by atoms with E-state index < -0.39 is 17.7 Å². The lowest BCUT2D eigenvalue weighted by Crippen LogP contribution is -2.04. The number of rotatable bonds is 4. The fourth-order valence-corrected chi connectivity index (χ4v) is 3.26. The Kier molecular flexibility index (Phi) is 4.59. The monoisotopic (exact) mass is 363 g/mol. The number of thiazole rings is 1. The van der Waals surface area contributed by atoms with Gasteiger partial charge in [0.25, 0.3) is 0 Å². The summed E-state index contributed by atoms with van der Waals surface area (Å²) < 4.78 is 38.4. The van der Waals surface area contributed by atoms with Gasteiger partial charge in [0.15, 0.2) is 0 Å². The first-order chi connectivity index (χ1) is 11.8. The van der Waals surface area contributed by atoms with Crippen LogP contribution in [0.1, 0.15) is 26.5 Å². The molecule has 0 unspecified atom stereocenters. The van der Waals surface area contributed by atoms with Gasteiger partial charge in [-0.15, -0.1) is 11.3 Å². The first-order valence-electron chi connectivity index (χ1n) is 7.27. The summed E-state index contributed by atoms with van der Waals surface area (Å²) in [5.74, 6) is -0.993.